The third-order valence-corrected chi connectivity index (χ3v) is 4.14. The first kappa shape index (κ1) is 22.3. The maximum atomic E-state index is 11.9. The topological polar surface area (TPSA) is 86.2 Å². The van der Waals surface area contributed by atoms with Crippen LogP contribution in [0.25, 0.3) is 6.08 Å². The average molecular weight is 430 g/mol. The first-order valence-electron chi connectivity index (χ1n) is 9.76. The van der Waals surface area contributed by atoms with E-state index in [1.165, 1.54) is 12.3 Å². The molecule has 0 radical (unpaired) electrons. The maximum absolute atomic E-state index is 11.9. The van der Waals surface area contributed by atoms with Gasteiger partial charge < -0.3 is 14.2 Å². The van der Waals surface area contributed by atoms with Crippen LogP contribution in [0.2, 0.25) is 0 Å². The van der Waals surface area contributed by atoms with Crippen LogP contribution in [0.15, 0.2) is 90.0 Å². The number of nitrogens with one attached hydrogen (secondary N) is 1. The minimum atomic E-state index is -0.473. The van der Waals surface area contributed by atoms with Crippen molar-refractivity contribution in [3.63, 3.8) is 0 Å². The van der Waals surface area contributed by atoms with Crippen LogP contribution in [0.5, 0.6) is 17.2 Å². The van der Waals surface area contributed by atoms with E-state index in [9.17, 15) is 9.59 Å². The second-order valence-corrected chi connectivity index (χ2v) is 6.49. The summed E-state index contributed by atoms with van der Waals surface area (Å²) in [7, 11) is 1.58. The summed E-state index contributed by atoms with van der Waals surface area (Å²) in [5.74, 6) is 0.790. The quantitative estimate of drug-likeness (QED) is 0.183. The molecule has 0 aliphatic carbocycles. The minimum Gasteiger partial charge on any atom is -0.497 e. The van der Waals surface area contributed by atoms with Crippen molar-refractivity contribution >= 4 is 24.2 Å². The van der Waals surface area contributed by atoms with Crippen molar-refractivity contribution in [2.75, 3.05) is 13.7 Å². The van der Waals surface area contributed by atoms with Gasteiger partial charge in [-0.25, -0.2) is 10.2 Å². The predicted molar refractivity (Wildman–Crippen MR) is 122 cm³/mol. The van der Waals surface area contributed by atoms with E-state index in [1.807, 2.05) is 30.3 Å². The third-order valence-electron chi connectivity index (χ3n) is 4.14. The van der Waals surface area contributed by atoms with Crippen LogP contribution in [0.3, 0.4) is 0 Å². The summed E-state index contributed by atoms with van der Waals surface area (Å²) in [6, 6.07) is 23.1. The smallest absolute Gasteiger partial charge is 0.336 e. The van der Waals surface area contributed by atoms with Gasteiger partial charge >= 0.3 is 5.97 Å². The second kappa shape index (κ2) is 11.7. The molecule has 3 aromatic carbocycles. The molecule has 3 aromatic rings. The Balaban J connectivity index is 1.41. The van der Waals surface area contributed by atoms with E-state index in [-0.39, 0.29) is 6.61 Å². The normalized spacial score (nSPS) is 10.8. The van der Waals surface area contributed by atoms with Crippen LogP contribution in [0, 0.1) is 0 Å². The second-order valence-electron chi connectivity index (χ2n) is 6.49. The first-order chi connectivity index (χ1) is 15.6. The molecular weight excluding hydrogens is 408 g/mol. The number of rotatable bonds is 9. The molecule has 7 heteroatoms. The van der Waals surface area contributed by atoms with Crippen LogP contribution in [0.1, 0.15) is 11.1 Å². The molecule has 0 heterocycles. The fourth-order valence-electron chi connectivity index (χ4n) is 2.53. The lowest BCUT2D eigenvalue weighted by atomic mass is 10.2. The SMILES string of the molecule is COc1ccc(OCC(=O)N/N=C\c2ccc(OC(=O)/C=C/c3ccccc3)cc2)cc1. The van der Waals surface area contributed by atoms with E-state index in [2.05, 4.69) is 10.5 Å². The molecule has 0 aliphatic heterocycles. The molecule has 162 valence electrons. The summed E-state index contributed by atoms with van der Waals surface area (Å²) in [5.41, 5.74) is 4.02. The zero-order valence-corrected chi connectivity index (χ0v) is 17.4. The van der Waals surface area contributed by atoms with Gasteiger partial charge in [-0.15, -0.1) is 0 Å². The summed E-state index contributed by atoms with van der Waals surface area (Å²) in [5, 5.41) is 3.89. The Hall–Kier alpha value is -4.39. The first-order valence-corrected chi connectivity index (χ1v) is 9.76. The number of esters is 1. The summed E-state index contributed by atoms with van der Waals surface area (Å²) in [6.45, 7) is -0.172. The van der Waals surface area contributed by atoms with E-state index in [0.29, 0.717) is 17.2 Å². The standard InChI is InChI=1S/C25H22N2O5/c1-30-21-12-14-22(15-13-21)31-18-24(28)27-26-17-20-7-10-23(11-8-20)32-25(29)16-9-19-5-3-2-4-6-19/h2-17H,18H2,1H3,(H,27,28)/b16-9+,26-17-. The summed E-state index contributed by atoms with van der Waals surface area (Å²) < 4.78 is 15.7. The van der Waals surface area contributed by atoms with E-state index in [4.69, 9.17) is 14.2 Å². The highest BCUT2D eigenvalue weighted by Crippen LogP contribution is 2.16. The number of carbonyl (C=O) groups excluding carboxylic acids is 2. The molecule has 32 heavy (non-hydrogen) atoms. The molecule has 0 fully saturated rings. The summed E-state index contributed by atoms with van der Waals surface area (Å²) in [6.07, 6.45) is 4.53. The van der Waals surface area contributed by atoms with Crippen molar-refractivity contribution in [2.45, 2.75) is 0 Å². The van der Waals surface area contributed by atoms with Gasteiger partial charge in [-0.3, -0.25) is 4.79 Å². The van der Waals surface area contributed by atoms with Crippen molar-refractivity contribution < 1.29 is 23.8 Å². The monoisotopic (exact) mass is 430 g/mol. The van der Waals surface area contributed by atoms with Crippen LogP contribution < -0.4 is 19.6 Å². The number of nitrogens with zero attached hydrogens (tertiary/aromatic N) is 1. The van der Waals surface area contributed by atoms with Gasteiger partial charge in [0.1, 0.15) is 17.2 Å². The molecule has 0 unspecified atom stereocenters. The fraction of sp³-hybridized carbons (Fsp3) is 0.0800. The minimum absolute atomic E-state index is 0.172. The number of hydrazone groups is 1. The highest BCUT2D eigenvalue weighted by Gasteiger charge is 2.03. The van der Waals surface area contributed by atoms with Gasteiger partial charge in [-0.05, 0) is 65.7 Å². The highest BCUT2D eigenvalue weighted by molar-refractivity contribution is 5.89. The summed E-state index contributed by atoms with van der Waals surface area (Å²) >= 11 is 0. The number of hydrogen-bond acceptors (Lipinski definition) is 6. The number of carbonyl (C=O) groups is 2. The van der Waals surface area contributed by atoms with Gasteiger partial charge in [0.25, 0.3) is 5.91 Å². The van der Waals surface area contributed by atoms with Gasteiger partial charge in [-0.1, -0.05) is 30.3 Å². The third kappa shape index (κ3) is 7.46. The van der Waals surface area contributed by atoms with Crippen LogP contribution in [0.4, 0.5) is 0 Å². The zero-order chi connectivity index (χ0) is 22.6. The van der Waals surface area contributed by atoms with Crippen LogP contribution >= 0.6 is 0 Å². The molecule has 0 bridgehead atoms. The Labute approximate surface area is 185 Å². The maximum Gasteiger partial charge on any atom is 0.336 e. The van der Waals surface area contributed by atoms with Crippen molar-refractivity contribution in [3.8, 4) is 17.2 Å². The Morgan fingerprint density at radius 3 is 2.19 bits per heavy atom. The number of benzene rings is 3. The lowest BCUT2D eigenvalue weighted by Crippen LogP contribution is -2.24. The fourth-order valence-corrected chi connectivity index (χ4v) is 2.53. The molecule has 3 rings (SSSR count). The lowest BCUT2D eigenvalue weighted by molar-refractivity contribution is -0.129. The molecule has 1 amide bonds. The average Bonchev–Trinajstić information content (AvgIpc) is 2.83. The molecule has 0 saturated heterocycles. The molecule has 0 saturated carbocycles. The van der Waals surface area contributed by atoms with E-state index in [0.717, 1.165) is 11.1 Å². The van der Waals surface area contributed by atoms with Crippen molar-refractivity contribution in [1.29, 1.82) is 0 Å². The highest BCUT2D eigenvalue weighted by atomic mass is 16.5. The Kier molecular flexibility index (Phi) is 8.16. The molecule has 0 atom stereocenters. The molecule has 0 spiro atoms. The zero-order valence-electron chi connectivity index (χ0n) is 17.4. The van der Waals surface area contributed by atoms with E-state index < -0.39 is 11.9 Å². The van der Waals surface area contributed by atoms with Gasteiger partial charge in [0.2, 0.25) is 0 Å². The van der Waals surface area contributed by atoms with Crippen molar-refractivity contribution in [2.24, 2.45) is 5.10 Å². The number of amides is 1. The Morgan fingerprint density at radius 1 is 0.844 bits per heavy atom. The predicted octanol–water partition coefficient (Wildman–Crippen LogP) is 3.84. The van der Waals surface area contributed by atoms with Crippen molar-refractivity contribution in [1.82, 2.24) is 5.43 Å². The Morgan fingerprint density at radius 2 is 1.50 bits per heavy atom. The largest absolute Gasteiger partial charge is 0.497 e. The number of hydrogen-bond donors (Lipinski definition) is 1. The molecule has 0 aromatic heterocycles. The van der Waals surface area contributed by atoms with Gasteiger partial charge in [0, 0.05) is 6.08 Å². The van der Waals surface area contributed by atoms with Gasteiger partial charge in [0.05, 0.1) is 13.3 Å². The van der Waals surface area contributed by atoms with Crippen molar-refractivity contribution in [3.05, 3.63) is 96.1 Å². The van der Waals surface area contributed by atoms with Crippen LogP contribution in [-0.4, -0.2) is 31.8 Å². The molecular formula is C25H22N2O5. The molecule has 0 aliphatic rings. The molecule has 7 nitrogen and oxygen atoms in total. The van der Waals surface area contributed by atoms with Gasteiger partial charge in [0.15, 0.2) is 6.61 Å². The Bertz CT molecular complexity index is 1080. The molecule has 1 N–H and O–H groups in total. The summed E-state index contributed by atoms with van der Waals surface area (Å²) in [4.78, 5) is 23.7. The lowest BCUT2D eigenvalue weighted by Gasteiger charge is -2.06. The number of ether oxygens (including phenoxy) is 3. The van der Waals surface area contributed by atoms with E-state index >= 15 is 0 Å². The van der Waals surface area contributed by atoms with Gasteiger partial charge in [-0.2, -0.15) is 5.10 Å². The number of methoxy groups -OCH3 is 1. The van der Waals surface area contributed by atoms with Crippen LogP contribution in [-0.2, 0) is 9.59 Å². The van der Waals surface area contributed by atoms with E-state index in [1.54, 1.807) is 61.7 Å².